The number of furan rings is 1. The van der Waals surface area contributed by atoms with Crippen molar-refractivity contribution >= 4 is 46.8 Å². The van der Waals surface area contributed by atoms with Crippen molar-refractivity contribution in [2.75, 3.05) is 5.32 Å². The van der Waals surface area contributed by atoms with E-state index in [0.29, 0.717) is 38.0 Å². The summed E-state index contributed by atoms with van der Waals surface area (Å²) in [5, 5.41) is 8.99. The molecule has 0 spiro atoms. The van der Waals surface area contributed by atoms with E-state index in [-0.39, 0.29) is 0 Å². The van der Waals surface area contributed by atoms with E-state index in [0.717, 1.165) is 17.1 Å². The molecule has 0 saturated carbocycles. The molecular weight excluding hydrogens is 513 g/mol. The van der Waals surface area contributed by atoms with Crippen LogP contribution in [-0.4, -0.2) is 35.0 Å². The molecule has 0 radical (unpaired) electrons. The van der Waals surface area contributed by atoms with Crippen LogP contribution in [-0.2, 0) is 6.54 Å². The number of rotatable bonds is 8. The zero-order chi connectivity index (χ0) is 24.6. The molecule has 12 heteroatoms. The lowest BCUT2D eigenvalue weighted by atomic mass is 10.2. The van der Waals surface area contributed by atoms with E-state index in [1.165, 1.54) is 23.5 Å². The topological polar surface area (TPSA) is 115 Å². The summed E-state index contributed by atoms with van der Waals surface area (Å²) in [5.41, 5.74) is 1.02. The standard InChI is InChI=1S/C24H18N8OS3/c34-22(29-15-17-8-9-18(33-17)16-6-2-1-3-7-16)32-21-30-19(35-23-25-10-4-11-26-23)14-20(31-21)36-24-27-12-5-13-28-24/h1-14H,15H2,(H2,29,30,31,32,34). The lowest BCUT2D eigenvalue weighted by Gasteiger charge is -2.10. The smallest absolute Gasteiger partial charge is 0.231 e. The van der Waals surface area contributed by atoms with Crippen LogP contribution in [0.2, 0.25) is 0 Å². The van der Waals surface area contributed by atoms with E-state index in [1.807, 2.05) is 48.5 Å². The number of nitrogens with zero attached hydrogens (tertiary/aromatic N) is 6. The molecule has 9 nitrogen and oxygen atoms in total. The van der Waals surface area contributed by atoms with Gasteiger partial charge >= 0.3 is 0 Å². The maximum Gasteiger partial charge on any atom is 0.231 e. The van der Waals surface area contributed by atoms with Gasteiger partial charge in [0, 0.05) is 36.4 Å². The SMILES string of the molecule is S=C(NCc1ccc(-c2ccccc2)o1)Nc1nc(Sc2ncccn2)cc(Sc2ncccn2)n1. The highest BCUT2D eigenvalue weighted by atomic mass is 32.2. The Morgan fingerprint density at radius 2 is 1.39 bits per heavy atom. The maximum absolute atomic E-state index is 5.93. The molecular formula is C24H18N8OS3. The van der Waals surface area contributed by atoms with Gasteiger partial charge in [0.1, 0.15) is 21.6 Å². The van der Waals surface area contributed by atoms with Gasteiger partial charge in [-0.3, -0.25) is 0 Å². The van der Waals surface area contributed by atoms with E-state index in [4.69, 9.17) is 16.6 Å². The van der Waals surface area contributed by atoms with Crippen LogP contribution in [0.4, 0.5) is 5.95 Å². The first kappa shape index (κ1) is 23.9. The molecule has 0 amide bonds. The van der Waals surface area contributed by atoms with Crippen molar-refractivity contribution in [3.63, 3.8) is 0 Å². The fourth-order valence-corrected chi connectivity index (χ4v) is 4.64. The molecule has 2 N–H and O–H groups in total. The fraction of sp³-hybridized carbons (Fsp3) is 0.0417. The van der Waals surface area contributed by atoms with Crippen LogP contribution in [0.15, 0.2) is 110 Å². The zero-order valence-corrected chi connectivity index (χ0v) is 21.1. The van der Waals surface area contributed by atoms with E-state index in [9.17, 15) is 0 Å². The van der Waals surface area contributed by atoms with Gasteiger partial charge in [0.25, 0.3) is 0 Å². The molecule has 0 bridgehead atoms. The van der Waals surface area contributed by atoms with Gasteiger partial charge in [-0.2, -0.15) is 0 Å². The van der Waals surface area contributed by atoms with Gasteiger partial charge in [0.05, 0.1) is 6.54 Å². The van der Waals surface area contributed by atoms with Gasteiger partial charge in [-0.1, -0.05) is 30.3 Å². The van der Waals surface area contributed by atoms with Crippen LogP contribution >= 0.6 is 35.7 Å². The lowest BCUT2D eigenvalue weighted by Crippen LogP contribution is -2.28. The number of hydrogen-bond donors (Lipinski definition) is 2. The first-order valence-corrected chi connectivity index (χ1v) is 12.7. The van der Waals surface area contributed by atoms with Crippen LogP contribution < -0.4 is 10.6 Å². The molecule has 0 saturated heterocycles. The third-order valence-corrected chi connectivity index (χ3v) is 6.39. The zero-order valence-electron chi connectivity index (χ0n) is 18.6. The Hall–Kier alpha value is -3.87. The van der Waals surface area contributed by atoms with Gasteiger partial charge in [-0.05, 0) is 60.0 Å². The number of aromatic nitrogens is 6. The normalized spacial score (nSPS) is 10.7. The predicted molar refractivity (Wildman–Crippen MR) is 142 cm³/mol. The third kappa shape index (κ3) is 6.62. The van der Waals surface area contributed by atoms with E-state index >= 15 is 0 Å². The molecule has 5 aromatic rings. The van der Waals surface area contributed by atoms with Crippen molar-refractivity contribution in [1.82, 2.24) is 35.2 Å². The van der Waals surface area contributed by atoms with Crippen molar-refractivity contribution in [2.45, 2.75) is 26.9 Å². The molecule has 0 fully saturated rings. The Bertz CT molecular complexity index is 1380. The molecule has 5 rings (SSSR count). The van der Waals surface area contributed by atoms with Crippen LogP contribution in [0.5, 0.6) is 0 Å². The lowest BCUT2D eigenvalue weighted by molar-refractivity contribution is 0.516. The Morgan fingerprint density at radius 3 is 2.00 bits per heavy atom. The molecule has 0 aliphatic carbocycles. The fourth-order valence-electron chi connectivity index (χ4n) is 2.97. The molecule has 178 valence electrons. The minimum Gasteiger partial charge on any atom is -0.459 e. The highest BCUT2D eigenvalue weighted by Gasteiger charge is 2.12. The summed E-state index contributed by atoms with van der Waals surface area (Å²) >= 11 is 8.11. The summed E-state index contributed by atoms with van der Waals surface area (Å²) in [5.74, 6) is 1.88. The van der Waals surface area contributed by atoms with Crippen LogP contribution in [0.25, 0.3) is 11.3 Å². The van der Waals surface area contributed by atoms with Crippen LogP contribution in [0.1, 0.15) is 5.76 Å². The van der Waals surface area contributed by atoms with Gasteiger partial charge in [0.15, 0.2) is 15.4 Å². The molecule has 4 heterocycles. The molecule has 0 aliphatic heterocycles. The monoisotopic (exact) mass is 530 g/mol. The quantitative estimate of drug-likeness (QED) is 0.158. The second-order valence-electron chi connectivity index (χ2n) is 7.07. The summed E-state index contributed by atoms with van der Waals surface area (Å²) in [6.07, 6.45) is 6.72. The minimum absolute atomic E-state index is 0.330. The molecule has 36 heavy (non-hydrogen) atoms. The average Bonchev–Trinajstić information content (AvgIpc) is 3.38. The first-order valence-electron chi connectivity index (χ1n) is 10.7. The summed E-state index contributed by atoms with van der Waals surface area (Å²) in [6, 6.07) is 19.1. The highest BCUT2D eigenvalue weighted by Crippen LogP contribution is 2.29. The second-order valence-corrected chi connectivity index (χ2v) is 9.46. The summed E-state index contributed by atoms with van der Waals surface area (Å²) in [4.78, 5) is 26.2. The highest BCUT2D eigenvalue weighted by molar-refractivity contribution is 7.99. The van der Waals surface area contributed by atoms with E-state index < -0.39 is 0 Å². The van der Waals surface area contributed by atoms with Gasteiger partial charge in [-0.15, -0.1) is 0 Å². The minimum atomic E-state index is 0.330. The Balaban J connectivity index is 1.28. The van der Waals surface area contributed by atoms with Crippen molar-refractivity contribution < 1.29 is 4.42 Å². The van der Waals surface area contributed by atoms with Crippen molar-refractivity contribution in [2.24, 2.45) is 0 Å². The number of nitrogens with one attached hydrogen (secondary N) is 2. The van der Waals surface area contributed by atoms with Crippen LogP contribution in [0, 0.1) is 0 Å². The first-order chi connectivity index (χ1) is 17.7. The molecule has 4 aromatic heterocycles. The van der Waals surface area contributed by atoms with Crippen molar-refractivity contribution in [3.05, 3.63) is 91.2 Å². The number of hydrogen-bond acceptors (Lipinski definition) is 10. The van der Waals surface area contributed by atoms with Crippen molar-refractivity contribution in [1.29, 1.82) is 0 Å². The maximum atomic E-state index is 5.93. The predicted octanol–water partition coefficient (Wildman–Crippen LogP) is 5.11. The summed E-state index contributed by atoms with van der Waals surface area (Å²) in [7, 11) is 0. The van der Waals surface area contributed by atoms with E-state index in [2.05, 4.69) is 40.5 Å². The largest absolute Gasteiger partial charge is 0.459 e. The molecule has 0 atom stereocenters. The average molecular weight is 531 g/mol. The summed E-state index contributed by atoms with van der Waals surface area (Å²) < 4.78 is 5.93. The molecule has 0 aliphatic rings. The Morgan fingerprint density at radius 1 is 0.778 bits per heavy atom. The van der Waals surface area contributed by atoms with Gasteiger partial charge in [0.2, 0.25) is 5.95 Å². The van der Waals surface area contributed by atoms with Gasteiger partial charge in [-0.25, -0.2) is 29.9 Å². The van der Waals surface area contributed by atoms with Crippen LogP contribution in [0.3, 0.4) is 0 Å². The summed E-state index contributed by atoms with van der Waals surface area (Å²) in [6.45, 7) is 0.407. The van der Waals surface area contributed by atoms with Crippen molar-refractivity contribution in [3.8, 4) is 11.3 Å². The number of thiocarbonyl (C=S) groups is 1. The number of benzene rings is 1. The van der Waals surface area contributed by atoms with Gasteiger partial charge < -0.3 is 15.1 Å². The number of anilines is 1. The third-order valence-electron chi connectivity index (χ3n) is 4.52. The Kier molecular flexibility index (Phi) is 7.76. The van der Waals surface area contributed by atoms with E-state index in [1.54, 1.807) is 36.9 Å². The Labute approximate surface area is 220 Å². The molecule has 0 unspecified atom stereocenters. The second kappa shape index (κ2) is 11.7. The molecule has 1 aromatic carbocycles.